The Morgan fingerprint density at radius 2 is 1.58 bits per heavy atom. The van der Waals surface area contributed by atoms with E-state index in [1.165, 1.54) is 0 Å². The summed E-state index contributed by atoms with van der Waals surface area (Å²) in [4.78, 5) is 4.53. The Bertz CT molecular complexity index is 677. The first-order valence-corrected chi connectivity index (χ1v) is 8.18. The number of halogens is 4. The van der Waals surface area contributed by atoms with Crippen LogP contribution in [0.5, 0.6) is 0 Å². The number of benzene rings is 2. The van der Waals surface area contributed by atoms with Gasteiger partial charge in [-0.05, 0) is 35.9 Å². The van der Waals surface area contributed by atoms with Gasteiger partial charge in [-0.15, -0.1) is 0 Å². The van der Waals surface area contributed by atoms with Crippen molar-refractivity contribution in [2.45, 2.75) is 12.7 Å². The molecule has 128 valence electrons. The van der Waals surface area contributed by atoms with Gasteiger partial charge in [-0.2, -0.15) is 13.2 Å². The number of anilines is 1. The maximum Gasteiger partial charge on any atom is 0.416 e. The normalized spacial score (nSPS) is 16.4. The molecular formula is C18H18ClF3N2. The van der Waals surface area contributed by atoms with Crippen molar-refractivity contribution < 1.29 is 13.2 Å². The molecule has 2 aromatic carbocycles. The van der Waals surface area contributed by atoms with Crippen LogP contribution in [0.3, 0.4) is 0 Å². The van der Waals surface area contributed by atoms with Crippen LogP contribution in [0.2, 0.25) is 5.02 Å². The highest BCUT2D eigenvalue weighted by Gasteiger charge is 2.30. The molecule has 0 atom stereocenters. The van der Waals surface area contributed by atoms with Gasteiger partial charge in [0, 0.05) is 43.4 Å². The van der Waals surface area contributed by atoms with E-state index in [0.717, 1.165) is 54.6 Å². The SMILES string of the molecule is FC(F)(F)c1ccc(CN2CCN(c3cccc(Cl)c3)CC2)cc1. The lowest BCUT2D eigenvalue weighted by Gasteiger charge is -2.36. The Labute approximate surface area is 144 Å². The quantitative estimate of drug-likeness (QED) is 0.789. The van der Waals surface area contributed by atoms with E-state index < -0.39 is 11.7 Å². The van der Waals surface area contributed by atoms with E-state index in [4.69, 9.17) is 11.6 Å². The fourth-order valence-electron chi connectivity index (χ4n) is 2.89. The first-order valence-electron chi connectivity index (χ1n) is 7.81. The molecule has 2 aromatic rings. The standard InChI is InChI=1S/C18H18ClF3N2/c19-16-2-1-3-17(12-16)24-10-8-23(9-11-24)13-14-4-6-15(7-5-14)18(20,21)22/h1-7,12H,8-11,13H2. The van der Waals surface area contributed by atoms with Crippen molar-refractivity contribution in [1.82, 2.24) is 4.90 Å². The third-order valence-electron chi connectivity index (χ3n) is 4.23. The molecule has 1 saturated heterocycles. The van der Waals surface area contributed by atoms with E-state index in [2.05, 4.69) is 9.80 Å². The monoisotopic (exact) mass is 354 g/mol. The third-order valence-corrected chi connectivity index (χ3v) is 4.47. The van der Waals surface area contributed by atoms with Gasteiger partial charge in [0.05, 0.1) is 5.56 Å². The third kappa shape index (κ3) is 4.22. The average Bonchev–Trinajstić information content (AvgIpc) is 2.55. The molecule has 0 saturated carbocycles. The number of alkyl halides is 3. The molecule has 0 radical (unpaired) electrons. The lowest BCUT2D eigenvalue weighted by Crippen LogP contribution is -2.45. The van der Waals surface area contributed by atoms with E-state index in [1.807, 2.05) is 24.3 Å². The second-order valence-electron chi connectivity index (χ2n) is 5.94. The van der Waals surface area contributed by atoms with Crippen LogP contribution < -0.4 is 4.90 Å². The molecule has 0 N–H and O–H groups in total. The van der Waals surface area contributed by atoms with Crippen molar-refractivity contribution in [3.63, 3.8) is 0 Å². The molecule has 0 amide bonds. The fraction of sp³-hybridized carbons (Fsp3) is 0.333. The van der Waals surface area contributed by atoms with Crippen molar-refractivity contribution in [3.8, 4) is 0 Å². The van der Waals surface area contributed by atoms with E-state index in [9.17, 15) is 13.2 Å². The molecule has 6 heteroatoms. The predicted octanol–water partition coefficient (Wildman–Crippen LogP) is 4.68. The first kappa shape index (κ1) is 17.1. The molecule has 0 bridgehead atoms. The summed E-state index contributed by atoms with van der Waals surface area (Å²) in [6, 6.07) is 13.2. The molecule has 24 heavy (non-hydrogen) atoms. The summed E-state index contributed by atoms with van der Waals surface area (Å²) in [5.41, 5.74) is 1.41. The zero-order chi connectivity index (χ0) is 17.2. The zero-order valence-corrected chi connectivity index (χ0v) is 13.8. The minimum atomic E-state index is -4.28. The molecule has 1 aliphatic heterocycles. The summed E-state index contributed by atoms with van der Waals surface area (Å²) < 4.78 is 37.8. The van der Waals surface area contributed by atoms with Gasteiger partial charge < -0.3 is 4.90 Å². The molecule has 3 rings (SSSR count). The molecule has 0 aliphatic carbocycles. The summed E-state index contributed by atoms with van der Waals surface area (Å²) in [5, 5.41) is 0.722. The van der Waals surface area contributed by atoms with Gasteiger partial charge in [0.25, 0.3) is 0 Å². The summed E-state index contributed by atoms with van der Waals surface area (Å²) in [6.07, 6.45) is -4.28. The highest BCUT2D eigenvalue weighted by molar-refractivity contribution is 6.30. The second kappa shape index (κ2) is 7.03. The highest BCUT2D eigenvalue weighted by Crippen LogP contribution is 2.29. The molecule has 0 spiro atoms. The Hall–Kier alpha value is -1.72. The van der Waals surface area contributed by atoms with E-state index in [0.29, 0.717) is 6.54 Å². The Morgan fingerprint density at radius 3 is 2.17 bits per heavy atom. The van der Waals surface area contributed by atoms with Gasteiger partial charge in [-0.25, -0.2) is 0 Å². The van der Waals surface area contributed by atoms with Crippen LogP contribution in [-0.2, 0) is 12.7 Å². The van der Waals surface area contributed by atoms with Gasteiger partial charge in [0.15, 0.2) is 0 Å². The maximum absolute atomic E-state index is 12.6. The van der Waals surface area contributed by atoms with Crippen molar-refractivity contribution in [2.24, 2.45) is 0 Å². The van der Waals surface area contributed by atoms with Crippen LogP contribution in [0, 0.1) is 0 Å². The summed E-state index contributed by atoms with van der Waals surface area (Å²) >= 11 is 6.03. The summed E-state index contributed by atoms with van der Waals surface area (Å²) in [7, 11) is 0. The summed E-state index contributed by atoms with van der Waals surface area (Å²) in [6.45, 7) is 4.16. The Balaban J connectivity index is 1.55. The Kier molecular flexibility index (Phi) is 5.01. The summed E-state index contributed by atoms with van der Waals surface area (Å²) in [5.74, 6) is 0. The number of piperazine rings is 1. The van der Waals surface area contributed by atoms with Crippen molar-refractivity contribution in [1.29, 1.82) is 0 Å². The smallest absolute Gasteiger partial charge is 0.369 e. The molecule has 0 aromatic heterocycles. The van der Waals surface area contributed by atoms with Gasteiger partial charge in [0.1, 0.15) is 0 Å². The molecule has 2 nitrogen and oxygen atoms in total. The largest absolute Gasteiger partial charge is 0.416 e. The maximum atomic E-state index is 12.6. The highest BCUT2D eigenvalue weighted by atomic mass is 35.5. The van der Waals surface area contributed by atoms with Gasteiger partial charge in [-0.3, -0.25) is 4.90 Å². The molecule has 0 unspecified atom stereocenters. The fourth-order valence-corrected chi connectivity index (χ4v) is 3.08. The van der Waals surface area contributed by atoms with Crippen molar-refractivity contribution in [3.05, 3.63) is 64.7 Å². The van der Waals surface area contributed by atoms with Crippen molar-refractivity contribution >= 4 is 17.3 Å². The van der Waals surface area contributed by atoms with Crippen LogP contribution in [0.15, 0.2) is 48.5 Å². The van der Waals surface area contributed by atoms with E-state index in [1.54, 1.807) is 12.1 Å². The minimum Gasteiger partial charge on any atom is -0.369 e. The zero-order valence-electron chi connectivity index (χ0n) is 13.1. The predicted molar refractivity (Wildman–Crippen MR) is 90.4 cm³/mol. The van der Waals surface area contributed by atoms with E-state index >= 15 is 0 Å². The molecule has 1 fully saturated rings. The molecular weight excluding hydrogens is 337 g/mol. The van der Waals surface area contributed by atoms with Crippen LogP contribution in [-0.4, -0.2) is 31.1 Å². The first-order chi connectivity index (χ1) is 11.4. The number of hydrogen-bond donors (Lipinski definition) is 0. The van der Waals surface area contributed by atoms with Gasteiger partial charge >= 0.3 is 6.18 Å². The lowest BCUT2D eigenvalue weighted by molar-refractivity contribution is -0.137. The van der Waals surface area contributed by atoms with Crippen LogP contribution >= 0.6 is 11.6 Å². The topological polar surface area (TPSA) is 6.48 Å². The molecule has 1 heterocycles. The number of hydrogen-bond acceptors (Lipinski definition) is 2. The molecule has 1 aliphatic rings. The average molecular weight is 355 g/mol. The van der Waals surface area contributed by atoms with Crippen LogP contribution in [0.1, 0.15) is 11.1 Å². The minimum absolute atomic E-state index is 0.600. The number of nitrogens with zero attached hydrogens (tertiary/aromatic N) is 2. The van der Waals surface area contributed by atoms with Crippen LogP contribution in [0.25, 0.3) is 0 Å². The van der Waals surface area contributed by atoms with Gasteiger partial charge in [0.2, 0.25) is 0 Å². The lowest BCUT2D eigenvalue weighted by atomic mass is 10.1. The second-order valence-corrected chi connectivity index (χ2v) is 6.37. The van der Waals surface area contributed by atoms with Crippen LogP contribution in [0.4, 0.5) is 18.9 Å². The Morgan fingerprint density at radius 1 is 0.917 bits per heavy atom. The number of rotatable bonds is 3. The van der Waals surface area contributed by atoms with Crippen molar-refractivity contribution in [2.75, 3.05) is 31.1 Å². The van der Waals surface area contributed by atoms with E-state index in [-0.39, 0.29) is 0 Å². The van der Waals surface area contributed by atoms with Gasteiger partial charge in [-0.1, -0.05) is 29.8 Å².